The zero-order valence-electron chi connectivity index (χ0n) is 12.5. The Morgan fingerprint density at radius 1 is 1.55 bits per heavy atom. The van der Waals surface area contributed by atoms with Crippen molar-refractivity contribution < 1.29 is 9.72 Å². The van der Waals surface area contributed by atoms with Crippen molar-refractivity contribution in [3.05, 3.63) is 38.8 Å². The Hall–Kier alpha value is -2.22. The number of carbonyl (C=O) groups is 1. The van der Waals surface area contributed by atoms with Crippen molar-refractivity contribution in [2.24, 2.45) is 11.7 Å². The Morgan fingerprint density at radius 3 is 2.91 bits per heavy atom. The molecule has 2 N–H and O–H groups in total. The van der Waals surface area contributed by atoms with Crippen molar-refractivity contribution in [1.29, 1.82) is 0 Å². The lowest BCUT2D eigenvalue weighted by atomic mass is 9.92. The fraction of sp³-hybridized carbons (Fsp3) is 0.571. The second-order valence-corrected chi connectivity index (χ2v) is 5.71. The van der Waals surface area contributed by atoms with Crippen LogP contribution in [0, 0.1) is 16.0 Å². The van der Waals surface area contributed by atoms with Crippen LogP contribution in [0.1, 0.15) is 19.8 Å². The first-order valence-electron chi connectivity index (χ1n) is 7.26. The molecule has 2 unspecified atom stereocenters. The van der Waals surface area contributed by atoms with E-state index in [0.29, 0.717) is 13.1 Å². The second-order valence-electron chi connectivity index (χ2n) is 5.71. The van der Waals surface area contributed by atoms with Gasteiger partial charge >= 0.3 is 0 Å². The molecule has 1 aliphatic heterocycles. The monoisotopic (exact) mass is 308 g/mol. The van der Waals surface area contributed by atoms with E-state index >= 15 is 0 Å². The van der Waals surface area contributed by atoms with E-state index in [1.807, 2.05) is 6.92 Å². The van der Waals surface area contributed by atoms with Crippen LogP contribution < -0.4 is 11.3 Å². The van der Waals surface area contributed by atoms with Crippen molar-refractivity contribution >= 4 is 11.6 Å². The minimum Gasteiger partial charge on any atom is -0.341 e. The van der Waals surface area contributed by atoms with E-state index in [9.17, 15) is 19.7 Å². The van der Waals surface area contributed by atoms with Gasteiger partial charge in [-0.15, -0.1) is 0 Å². The SMILES string of the molecule is CC(N)C1CCCN(C(=O)Cn2cc([N+](=O)[O-])ccc2=O)C1. The van der Waals surface area contributed by atoms with Gasteiger partial charge in [-0.25, -0.2) is 0 Å². The number of piperidine rings is 1. The Kier molecular flexibility index (Phi) is 4.92. The fourth-order valence-corrected chi connectivity index (χ4v) is 2.66. The van der Waals surface area contributed by atoms with Gasteiger partial charge in [0.05, 0.1) is 11.1 Å². The van der Waals surface area contributed by atoms with Crippen molar-refractivity contribution in [3.63, 3.8) is 0 Å². The van der Waals surface area contributed by atoms with Gasteiger partial charge in [0, 0.05) is 31.3 Å². The van der Waals surface area contributed by atoms with Crippen molar-refractivity contribution in [2.75, 3.05) is 13.1 Å². The standard InChI is InChI=1S/C14H20N4O4/c1-10(15)11-3-2-6-16(7-11)14(20)9-17-8-12(18(21)22)4-5-13(17)19/h4-5,8,10-11H,2-3,6-7,9,15H2,1H3. The first-order chi connectivity index (χ1) is 10.4. The molecule has 120 valence electrons. The molecule has 2 heterocycles. The smallest absolute Gasteiger partial charge is 0.285 e. The van der Waals surface area contributed by atoms with Gasteiger partial charge in [0.15, 0.2) is 0 Å². The lowest BCUT2D eigenvalue weighted by molar-refractivity contribution is -0.385. The van der Waals surface area contributed by atoms with Crippen LogP contribution >= 0.6 is 0 Å². The third-order valence-corrected chi connectivity index (χ3v) is 4.04. The highest BCUT2D eigenvalue weighted by Gasteiger charge is 2.26. The number of likely N-dealkylation sites (tertiary alicyclic amines) is 1. The number of rotatable bonds is 4. The number of nitrogens with two attached hydrogens (primary N) is 1. The van der Waals surface area contributed by atoms with E-state index < -0.39 is 10.5 Å². The van der Waals surface area contributed by atoms with E-state index in [1.165, 1.54) is 0 Å². The van der Waals surface area contributed by atoms with Gasteiger partial charge in [-0.05, 0) is 25.7 Å². The highest BCUT2D eigenvalue weighted by atomic mass is 16.6. The van der Waals surface area contributed by atoms with Crippen LogP contribution in [0.3, 0.4) is 0 Å². The Morgan fingerprint density at radius 2 is 2.27 bits per heavy atom. The zero-order chi connectivity index (χ0) is 16.3. The summed E-state index contributed by atoms with van der Waals surface area (Å²) in [7, 11) is 0. The molecular weight excluding hydrogens is 288 g/mol. The van der Waals surface area contributed by atoms with Crippen molar-refractivity contribution in [3.8, 4) is 0 Å². The Bertz CT molecular complexity index is 626. The predicted octanol–water partition coefficient (Wildman–Crippen LogP) is 0.342. The number of carbonyl (C=O) groups excluding carboxylic acids is 1. The molecule has 0 radical (unpaired) electrons. The number of nitro groups is 1. The van der Waals surface area contributed by atoms with E-state index in [1.54, 1.807) is 4.90 Å². The molecule has 0 spiro atoms. The van der Waals surface area contributed by atoms with Crippen LogP contribution in [0.2, 0.25) is 0 Å². The van der Waals surface area contributed by atoms with Gasteiger partial charge in [-0.3, -0.25) is 24.3 Å². The summed E-state index contributed by atoms with van der Waals surface area (Å²) in [6, 6.07) is 2.25. The average Bonchev–Trinajstić information content (AvgIpc) is 2.49. The number of pyridine rings is 1. The number of hydrogen-bond acceptors (Lipinski definition) is 5. The molecular formula is C14H20N4O4. The number of amides is 1. The van der Waals surface area contributed by atoms with Gasteiger partial charge < -0.3 is 10.6 Å². The minimum atomic E-state index is -0.590. The van der Waals surface area contributed by atoms with Crippen LogP contribution in [0.25, 0.3) is 0 Å². The van der Waals surface area contributed by atoms with Crippen molar-refractivity contribution in [1.82, 2.24) is 9.47 Å². The quantitative estimate of drug-likeness (QED) is 0.637. The highest BCUT2D eigenvalue weighted by molar-refractivity contribution is 5.76. The van der Waals surface area contributed by atoms with Crippen LogP contribution in [-0.2, 0) is 11.3 Å². The highest BCUT2D eigenvalue weighted by Crippen LogP contribution is 2.19. The molecule has 1 aliphatic rings. The molecule has 2 rings (SSSR count). The van der Waals surface area contributed by atoms with Gasteiger partial charge in [0.25, 0.3) is 11.2 Å². The van der Waals surface area contributed by atoms with Crippen molar-refractivity contribution in [2.45, 2.75) is 32.4 Å². The molecule has 2 atom stereocenters. The first kappa shape index (κ1) is 16.2. The zero-order valence-corrected chi connectivity index (χ0v) is 12.5. The summed E-state index contributed by atoms with van der Waals surface area (Å²) in [6.45, 7) is 2.93. The maximum absolute atomic E-state index is 12.3. The Labute approximate surface area is 127 Å². The maximum atomic E-state index is 12.3. The summed E-state index contributed by atoms with van der Waals surface area (Å²) < 4.78 is 1.08. The summed E-state index contributed by atoms with van der Waals surface area (Å²) >= 11 is 0. The fourth-order valence-electron chi connectivity index (χ4n) is 2.66. The summed E-state index contributed by atoms with van der Waals surface area (Å²) in [5, 5.41) is 10.8. The van der Waals surface area contributed by atoms with E-state index in [2.05, 4.69) is 0 Å². The van der Waals surface area contributed by atoms with Crippen LogP contribution in [-0.4, -0.2) is 39.4 Å². The molecule has 0 saturated carbocycles. The molecule has 0 bridgehead atoms. The Balaban J connectivity index is 2.10. The van der Waals surface area contributed by atoms with Gasteiger partial charge in [-0.2, -0.15) is 0 Å². The summed E-state index contributed by atoms with van der Waals surface area (Å²) in [5.41, 5.74) is 5.25. The molecule has 1 aromatic heterocycles. The lowest BCUT2D eigenvalue weighted by Crippen LogP contribution is -2.46. The lowest BCUT2D eigenvalue weighted by Gasteiger charge is -2.34. The molecule has 22 heavy (non-hydrogen) atoms. The molecule has 1 saturated heterocycles. The van der Waals surface area contributed by atoms with E-state index in [-0.39, 0.29) is 30.1 Å². The molecule has 0 aromatic carbocycles. The average molecular weight is 308 g/mol. The van der Waals surface area contributed by atoms with Crippen LogP contribution in [0.4, 0.5) is 5.69 Å². The largest absolute Gasteiger partial charge is 0.341 e. The number of nitrogens with zero attached hydrogens (tertiary/aromatic N) is 3. The summed E-state index contributed by atoms with van der Waals surface area (Å²) in [5.74, 6) is 0.0347. The maximum Gasteiger partial charge on any atom is 0.285 e. The van der Waals surface area contributed by atoms with Crippen LogP contribution in [0.15, 0.2) is 23.1 Å². The molecule has 1 aromatic rings. The molecule has 1 fully saturated rings. The molecule has 8 heteroatoms. The van der Waals surface area contributed by atoms with Gasteiger partial charge in [0.2, 0.25) is 5.91 Å². The van der Waals surface area contributed by atoms with Gasteiger partial charge in [-0.1, -0.05) is 0 Å². The number of aromatic nitrogens is 1. The minimum absolute atomic E-state index is 0.0103. The third-order valence-electron chi connectivity index (χ3n) is 4.04. The topological polar surface area (TPSA) is 111 Å². The van der Waals surface area contributed by atoms with Crippen LogP contribution in [0.5, 0.6) is 0 Å². The van der Waals surface area contributed by atoms with E-state index in [0.717, 1.165) is 35.7 Å². The molecule has 8 nitrogen and oxygen atoms in total. The molecule has 1 amide bonds. The first-order valence-corrected chi connectivity index (χ1v) is 7.26. The molecule has 0 aliphatic carbocycles. The summed E-state index contributed by atoms with van der Waals surface area (Å²) in [4.78, 5) is 35.9. The van der Waals surface area contributed by atoms with E-state index in [4.69, 9.17) is 5.73 Å². The third kappa shape index (κ3) is 3.70. The summed E-state index contributed by atoms with van der Waals surface area (Å²) in [6.07, 6.45) is 2.97. The predicted molar refractivity (Wildman–Crippen MR) is 80.3 cm³/mol. The second kappa shape index (κ2) is 6.69. The number of hydrogen-bond donors (Lipinski definition) is 1. The van der Waals surface area contributed by atoms with Gasteiger partial charge in [0.1, 0.15) is 6.54 Å². The normalized spacial score (nSPS) is 19.7.